The number of nitriles is 1. The second-order valence-electron chi connectivity index (χ2n) is 7.03. The van der Waals surface area contributed by atoms with Crippen LogP contribution in [0, 0.1) is 11.3 Å². The van der Waals surface area contributed by atoms with Crippen LogP contribution in [0.5, 0.6) is 0 Å². The molecule has 2 aromatic carbocycles. The lowest BCUT2D eigenvalue weighted by atomic mass is 9.96. The summed E-state index contributed by atoms with van der Waals surface area (Å²) in [5.74, 6) is -1.82. The van der Waals surface area contributed by atoms with E-state index in [0.717, 1.165) is 13.1 Å². The Labute approximate surface area is 175 Å². The first-order valence-electron chi connectivity index (χ1n) is 9.78. The first kappa shape index (κ1) is 21.1. The van der Waals surface area contributed by atoms with Gasteiger partial charge in [0.1, 0.15) is 18.2 Å². The van der Waals surface area contributed by atoms with Crippen LogP contribution in [0.1, 0.15) is 17.2 Å². The van der Waals surface area contributed by atoms with Crippen molar-refractivity contribution >= 4 is 11.9 Å². The maximum Gasteiger partial charge on any atom is 0.322 e. The molecule has 1 aliphatic rings. The van der Waals surface area contributed by atoms with Crippen molar-refractivity contribution in [1.29, 1.82) is 5.26 Å². The van der Waals surface area contributed by atoms with Crippen molar-refractivity contribution in [3.63, 3.8) is 0 Å². The number of carboxylic acid groups (broad SMARTS) is 1. The Morgan fingerprint density at radius 1 is 1.00 bits per heavy atom. The van der Waals surface area contributed by atoms with E-state index in [1.165, 1.54) is 17.3 Å². The molecule has 7 nitrogen and oxygen atoms in total. The Kier molecular flexibility index (Phi) is 7.19. The fourth-order valence-electron chi connectivity index (χ4n) is 3.58. The van der Waals surface area contributed by atoms with Crippen LogP contribution < -0.4 is 5.32 Å². The van der Waals surface area contributed by atoms with Crippen LogP contribution in [0.25, 0.3) is 0 Å². The van der Waals surface area contributed by atoms with E-state index in [2.05, 4.69) is 34.5 Å². The van der Waals surface area contributed by atoms with E-state index in [9.17, 15) is 14.9 Å². The number of carbonyl (C=O) groups is 2. The molecule has 0 radical (unpaired) electrons. The predicted octanol–water partition coefficient (Wildman–Crippen LogP) is 2.00. The van der Waals surface area contributed by atoms with Gasteiger partial charge >= 0.3 is 5.97 Å². The van der Waals surface area contributed by atoms with Gasteiger partial charge in [0.25, 0.3) is 5.91 Å². The van der Waals surface area contributed by atoms with Gasteiger partial charge in [-0.05, 0) is 11.1 Å². The number of benzene rings is 2. The van der Waals surface area contributed by atoms with Gasteiger partial charge in [0.2, 0.25) is 0 Å². The summed E-state index contributed by atoms with van der Waals surface area (Å²) in [6.45, 7) is 2.34. The zero-order valence-electron chi connectivity index (χ0n) is 16.6. The van der Waals surface area contributed by atoms with E-state index in [1.807, 2.05) is 47.4 Å². The van der Waals surface area contributed by atoms with E-state index < -0.39 is 18.4 Å². The molecule has 2 aromatic rings. The molecular formula is C23H24N4O3. The van der Waals surface area contributed by atoms with Crippen LogP contribution in [0.3, 0.4) is 0 Å². The first-order valence-corrected chi connectivity index (χ1v) is 9.78. The Balaban J connectivity index is 1.70. The number of carboxylic acids is 1. The fourth-order valence-corrected chi connectivity index (χ4v) is 3.58. The first-order chi connectivity index (χ1) is 14.6. The van der Waals surface area contributed by atoms with E-state index in [-0.39, 0.29) is 11.6 Å². The Bertz CT molecular complexity index is 890. The minimum atomic E-state index is -1.15. The molecule has 0 aliphatic carbocycles. The number of nitrogens with zero attached hydrogens (tertiary/aromatic N) is 3. The van der Waals surface area contributed by atoms with Gasteiger partial charge in [-0.2, -0.15) is 5.26 Å². The van der Waals surface area contributed by atoms with Gasteiger partial charge in [-0.1, -0.05) is 60.7 Å². The van der Waals surface area contributed by atoms with E-state index in [4.69, 9.17) is 5.11 Å². The lowest BCUT2D eigenvalue weighted by molar-refractivity contribution is -0.137. The highest BCUT2D eigenvalue weighted by molar-refractivity contribution is 5.98. The SMILES string of the molecule is N#C/C(=C/N1CCN(C(c2ccccc2)c2ccccc2)CC1)C(=O)NCC(=O)O. The summed E-state index contributed by atoms with van der Waals surface area (Å²) in [6, 6.07) is 22.7. The third-order valence-electron chi connectivity index (χ3n) is 5.02. The quantitative estimate of drug-likeness (QED) is 0.541. The van der Waals surface area contributed by atoms with Crippen LogP contribution >= 0.6 is 0 Å². The Morgan fingerprint density at radius 2 is 1.53 bits per heavy atom. The number of rotatable bonds is 7. The standard InChI is InChI=1S/C23H24N4O3/c24-15-20(23(30)25-16-21(28)29)17-26-11-13-27(14-12-26)22(18-7-3-1-4-8-18)19-9-5-2-6-10-19/h1-10,17,22H,11-14,16H2,(H,25,30)(H,28,29)/b20-17-. The van der Waals surface area contributed by atoms with Gasteiger partial charge in [0.15, 0.2) is 0 Å². The maximum atomic E-state index is 12.0. The molecule has 0 spiro atoms. The lowest BCUT2D eigenvalue weighted by Gasteiger charge is -2.39. The van der Waals surface area contributed by atoms with Crippen LogP contribution in [-0.4, -0.2) is 59.5 Å². The van der Waals surface area contributed by atoms with Crippen LogP contribution in [0.2, 0.25) is 0 Å². The molecule has 0 bridgehead atoms. The van der Waals surface area contributed by atoms with Crippen molar-refractivity contribution in [2.45, 2.75) is 6.04 Å². The molecule has 0 aromatic heterocycles. The van der Waals surface area contributed by atoms with E-state index in [1.54, 1.807) is 0 Å². The summed E-state index contributed by atoms with van der Waals surface area (Å²) in [5, 5.41) is 20.2. The number of carbonyl (C=O) groups excluding carboxylic acids is 1. The van der Waals surface area contributed by atoms with Crippen molar-refractivity contribution in [2.75, 3.05) is 32.7 Å². The molecule has 7 heteroatoms. The topological polar surface area (TPSA) is 96.7 Å². The van der Waals surface area contributed by atoms with Gasteiger partial charge in [0, 0.05) is 32.4 Å². The maximum absolute atomic E-state index is 12.0. The molecule has 30 heavy (non-hydrogen) atoms. The van der Waals surface area contributed by atoms with Gasteiger partial charge in [0.05, 0.1) is 6.04 Å². The Morgan fingerprint density at radius 3 is 2.00 bits per heavy atom. The second-order valence-corrected chi connectivity index (χ2v) is 7.03. The van der Waals surface area contributed by atoms with Gasteiger partial charge < -0.3 is 15.3 Å². The van der Waals surface area contributed by atoms with E-state index >= 15 is 0 Å². The largest absolute Gasteiger partial charge is 0.480 e. The predicted molar refractivity (Wildman–Crippen MR) is 112 cm³/mol. The number of aliphatic carboxylic acids is 1. The monoisotopic (exact) mass is 404 g/mol. The third-order valence-corrected chi connectivity index (χ3v) is 5.02. The summed E-state index contributed by atoms with van der Waals surface area (Å²) in [7, 11) is 0. The summed E-state index contributed by atoms with van der Waals surface area (Å²) < 4.78 is 0. The summed E-state index contributed by atoms with van der Waals surface area (Å²) >= 11 is 0. The average Bonchev–Trinajstić information content (AvgIpc) is 2.78. The second kappa shape index (κ2) is 10.2. The Hall–Kier alpha value is -3.63. The number of amides is 1. The van der Waals surface area contributed by atoms with Crippen molar-refractivity contribution in [2.24, 2.45) is 0 Å². The van der Waals surface area contributed by atoms with Crippen molar-refractivity contribution in [3.05, 3.63) is 83.6 Å². The minimum absolute atomic E-state index is 0.0904. The minimum Gasteiger partial charge on any atom is -0.480 e. The van der Waals surface area contributed by atoms with Crippen molar-refractivity contribution < 1.29 is 14.7 Å². The molecule has 0 saturated carbocycles. The third kappa shape index (κ3) is 5.46. The van der Waals surface area contributed by atoms with Crippen molar-refractivity contribution in [3.8, 4) is 6.07 Å². The molecule has 2 N–H and O–H groups in total. The van der Waals surface area contributed by atoms with Crippen LogP contribution in [0.4, 0.5) is 0 Å². The van der Waals surface area contributed by atoms with Crippen molar-refractivity contribution in [1.82, 2.24) is 15.1 Å². The van der Waals surface area contributed by atoms with Crippen LogP contribution in [0.15, 0.2) is 72.4 Å². The lowest BCUT2D eigenvalue weighted by Crippen LogP contribution is -2.46. The highest BCUT2D eigenvalue weighted by Gasteiger charge is 2.26. The van der Waals surface area contributed by atoms with Gasteiger partial charge in [-0.15, -0.1) is 0 Å². The van der Waals surface area contributed by atoms with E-state index in [0.29, 0.717) is 13.1 Å². The molecule has 0 atom stereocenters. The van der Waals surface area contributed by atoms with Gasteiger partial charge in [-0.25, -0.2) is 0 Å². The summed E-state index contributed by atoms with van der Waals surface area (Å²) in [5.41, 5.74) is 2.35. The average molecular weight is 404 g/mol. The number of hydrogen-bond donors (Lipinski definition) is 2. The van der Waals surface area contributed by atoms with Gasteiger partial charge in [-0.3, -0.25) is 14.5 Å². The molecule has 1 amide bonds. The highest BCUT2D eigenvalue weighted by Crippen LogP contribution is 2.29. The molecule has 1 saturated heterocycles. The molecule has 1 aliphatic heterocycles. The number of hydrogen-bond acceptors (Lipinski definition) is 5. The molecule has 0 unspecified atom stereocenters. The molecule has 3 rings (SSSR count). The number of nitrogens with one attached hydrogen (secondary N) is 1. The highest BCUT2D eigenvalue weighted by atomic mass is 16.4. The molecular weight excluding hydrogens is 380 g/mol. The zero-order valence-corrected chi connectivity index (χ0v) is 16.6. The smallest absolute Gasteiger partial charge is 0.322 e. The number of piperazine rings is 1. The zero-order chi connectivity index (χ0) is 21.3. The normalized spacial score (nSPS) is 14.9. The summed E-state index contributed by atoms with van der Waals surface area (Å²) in [4.78, 5) is 26.9. The molecule has 1 heterocycles. The fraction of sp³-hybridized carbons (Fsp3) is 0.261. The molecule has 1 fully saturated rings. The van der Waals surface area contributed by atoms with Crippen LogP contribution in [-0.2, 0) is 9.59 Å². The summed E-state index contributed by atoms with van der Waals surface area (Å²) in [6.07, 6.45) is 1.52. The molecule has 154 valence electrons.